The molecule has 0 saturated heterocycles. The summed E-state index contributed by atoms with van der Waals surface area (Å²) in [6, 6.07) is 15.6. The van der Waals surface area contributed by atoms with Crippen LogP contribution in [-0.2, 0) is 0 Å². The first-order valence-corrected chi connectivity index (χ1v) is 7.11. The van der Waals surface area contributed by atoms with Crippen molar-refractivity contribution in [3.63, 3.8) is 0 Å². The molecule has 0 saturated carbocycles. The molecule has 0 bridgehead atoms. The van der Waals surface area contributed by atoms with E-state index in [1.54, 1.807) is 0 Å². The number of allylic oxidation sites excluding steroid dienone is 1. The Balaban J connectivity index is 2.16. The molecule has 2 aromatic rings. The summed E-state index contributed by atoms with van der Waals surface area (Å²) in [5.74, 6) is 0. The minimum Gasteiger partial charge on any atom is -0.369 e. The largest absolute Gasteiger partial charge is 0.369 e. The number of hydrogen-bond acceptors (Lipinski definition) is 2. The van der Waals surface area contributed by atoms with Gasteiger partial charge in [0.05, 0.1) is 0 Å². The van der Waals surface area contributed by atoms with Gasteiger partial charge in [0.2, 0.25) is 0 Å². The van der Waals surface area contributed by atoms with E-state index in [0.29, 0.717) is 5.02 Å². The van der Waals surface area contributed by atoms with Crippen LogP contribution in [0.1, 0.15) is 30.7 Å². The molecule has 3 heteroatoms. The van der Waals surface area contributed by atoms with Crippen molar-refractivity contribution >= 4 is 23.4 Å². The lowest BCUT2D eigenvalue weighted by molar-refractivity contribution is 0.177. The molecule has 2 nitrogen and oxygen atoms in total. The molecule has 1 N–H and O–H groups in total. The molecule has 1 heterocycles. The first kappa shape index (κ1) is 13.2. The van der Waals surface area contributed by atoms with Crippen LogP contribution in [0, 0.1) is 0 Å². The van der Waals surface area contributed by atoms with E-state index in [-0.39, 0.29) is 0 Å². The molecule has 20 heavy (non-hydrogen) atoms. The highest BCUT2D eigenvalue weighted by atomic mass is 35.5. The normalized spacial score (nSPS) is 17.6. The van der Waals surface area contributed by atoms with Crippen LogP contribution in [0.2, 0.25) is 5.02 Å². The predicted octanol–water partition coefficient (Wildman–Crippen LogP) is 4.60. The maximum atomic E-state index is 10.8. The molecular formula is C17H16ClNO. The number of nitrogens with zero attached hydrogens (tertiary/aromatic N) is 1. The van der Waals surface area contributed by atoms with E-state index in [2.05, 4.69) is 13.0 Å². The third-order valence-corrected chi connectivity index (χ3v) is 3.95. The summed E-state index contributed by atoms with van der Waals surface area (Å²) < 4.78 is 0. The number of aliphatic hydroxyl groups excluding tert-OH is 1. The molecule has 0 aliphatic carbocycles. The lowest BCUT2D eigenvalue weighted by Gasteiger charge is -2.36. The van der Waals surface area contributed by atoms with E-state index in [1.807, 2.05) is 53.4 Å². The van der Waals surface area contributed by atoms with Crippen molar-refractivity contribution in [1.29, 1.82) is 0 Å². The Hall–Kier alpha value is -1.77. The van der Waals surface area contributed by atoms with Gasteiger partial charge in [0.25, 0.3) is 0 Å². The Morgan fingerprint density at radius 1 is 1.10 bits per heavy atom. The minimum atomic E-state index is -0.749. The summed E-state index contributed by atoms with van der Waals surface area (Å²) >= 11 is 6.26. The topological polar surface area (TPSA) is 23.5 Å². The zero-order valence-electron chi connectivity index (χ0n) is 11.3. The number of anilines is 1. The van der Waals surface area contributed by atoms with Gasteiger partial charge in [-0.15, -0.1) is 0 Å². The second-order valence-corrected chi connectivity index (χ2v) is 5.22. The first-order chi connectivity index (χ1) is 9.72. The predicted molar refractivity (Wildman–Crippen MR) is 83.6 cm³/mol. The fourth-order valence-electron chi connectivity index (χ4n) is 2.66. The van der Waals surface area contributed by atoms with Crippen molar-refractivity contribution in [2.24, 2.45) is 0 Å². The molecule has 0 amide bonds. The van der Waals surface area contributed by atoms with Crippen LogP contribution < -0.4 is 4.90 Å². The Labute approximate surface area is 123 Å². The van der Waals surface area contributed by atoms with Crippen LogP contribution in [0.25, 0.3) is 6.08 Å². The Morgan fingerprint density at radius 3 is 2.55 bits per heavy atom. The standard InChI is InChI=1S/C17H16ClNO/c1-2-13-11-12-7-6-10-15(18)16(12)17(20)19(13)14-8-4-3-5-9-14/h3-11,17,20H,2H2,1H3. The molecule has 1 aliphatic rings. The van der Waals surface area contributed by atoms with Gasteiger partial charge in [0.15, 0.2) is 6.23 Å². The maximum absolute atomic E-state index is 10.8. The van der Waals surface area contributed by atoms with Gasteiger partial charge in [-0.25, -0.2) is 0 Å². The monoisotopic (exact) mass is 285 g/mol. The molecule has 0 spiro atoms. The van der Waals surface area contributed by atoms with Crippen LogP contribution in [0.5, 0.6) is 0 Å². The summed E-state index contributed by atoms with van der Waals surface area (Å²) in [5, 5.41) is 11.4. The van der Waals surface area contributed by atoms with E-state index in [1.165, 1.54) is 0 Å². The average molecular weight is 286 g/mol. The summed E-state index contributed by atoms with van der Waals surface area (Å²) in [7, 11) is 0. The van der Waals surface area contributed by atoms with Crippen LogP contribution in [0.15, 0.2) is 54.2 Å². The molecule has 1 aliphatic heterocycles. The summed E-state index contributed by atoms with van der Waals surface area (Å²) in [5.41, 5.74) is 3.82. The number of fused-ring (bicyclic) bond motifs is 1. The van der Waals surface area contributed by atoms with Crippen molar-refractivity contribution in [3.05, 3.63) is 70.4 Å². The van der Waals surface area contributed by atoms with Crippen LogP contribution in [-0.4, -0.2) is 5.11 Å². The number of aliphatic hydroxyl groups is 1. The molecule has 3 rings (SSSR count). The Morgan fingerprint density at radius 2 is 1.85 bits per heavy atom. The number of halogens is 1. The zero-order chi connectivity index (χ0) is 14.1. The van der Waals surface area contributed by atoms with Gasteiger partial charge in [-0.05, 0) is 36.3 Å². The summed E-state index contributed by atoms with van der Waals surface area (Å²) in [6.07, 6.45) is 2.19. The van der Waals surface area contributed by atoms with Gasteiger partial charge >= 0.3 is 0 Å². The molecular weight excluding hydrogens is 270 g/mol. The van der Waals surface area contributed by atoms with Gasteiger partial charge in [0.1, 0.15) is 0 Å². The van der Waals surface area contributed by atoms with Crippen molar-refractivity contribution in [2.75, 3.05) is 4.90 Å². The first-order valence-electron chi connectivity index (χ1n) is 6.73. The molecule has 2 aromatic carbocycles. The van der Waals surface area contributed by atoms with Crippen molar-refractivity contribution in [2.45, 2.75) is 19.6 Å². The Bertz CT molecular complexity index is 651. The summed E-state index contributed by atoms with van der Waals surface area (Å²) in [6.45, 7) is 2.09. The second kappa shape index (κ2) is 5.31. The van der Waals surface area contributed by atoms with Crippen LogP contribution >= 0.6 is 11.6 Å². The van der Waals surface area contributed by atoms with Gasteiger partial charge in [-0.2, -0.15) is 0 Å². The average Bonchev–Trinajstić information content (AvgIpc) is 2.47. The number of rotatable bonds is 2. The van der Waals surface area contributed by atoms with E-state index in [4.69, 9.17) is 11.6 Å². The molecule has 0 aromatic heterocycles. The lowest BCUT2D eigenvalue weighted by atomic mass is 9.98. The highest BCUT2D eigenvalue weighted by Gasteiger charge is 2.28. The van der Waals surface area contributed by atoms with Gasteiger partial charge in [-0.1, -0.05) is 48.9 Å². The number of hydrogen-bond donors (Lipinski definition) is 1. The minimum absolute atomic E-state index is 0.599. The maximum Gasteiger partial charge on any atom is 0.159 e. The highest BCUT2D eigenvalue weighted by Crippen LogP contribution is 2.40. The van der Waals surface area contributed by atoms with E-state index in [0.717, 1.165) is 28.9 Å². The van der Waals surface area contributed by atoms with Crippen molar-refractivity contribution < 1.29 is 5.11 Å². The van der Waals surface area contributed by atoms with Gasteiger partial charge < -0.3 is 10.0 Å². The quantitative estimate of drug-likeness (QED) is 0.871. The molecule has 1 unspecified atom stereocenters. The fraction of sp³-hybridized carbons (Fsp3) is 0.176. The van der Waals surface area contributed by atoms with E-state index < -0.39 is 6.23 Å². The van der Waals surface area contributed by atoms with E-state index in [9.17, 15) is 5.11 Å². The highest BCUT2D eigenvalue weighted by molar-refractivity contribution is 6.31. The van der Waals surface area contributed by atoms with E-state index >= 15 is 0 Å². The molecule has 0 fully saturated rings. The summed E-state index contributed by atoms with van der Waals surface area (Å²) in [4.78, 5) is 1.94. The third-order valence-electron chi connectivity index (χ3n) is 3.62. The van der Waals surface area contributed by atoms with Crippen LogP contribution in [0.4, 0.5) is 5.69 Å². The number of benzene rings is 2. The van der Waals surface area contributed by atoms with Gasteiger partial charge in [0, 0.05) is 22.0 Å². The van der Waals surface area contributed by atoms with Crippen LogP contribution in [0.3, 0.4) is 0 Å². The second-order valence-electron chi connectivity index (χ2n) is 4.81. The SMILES string of the molecule is CCC1=Cc2cccc(Cl)c2C(O)N1c1ccccc1. The third kappa shape index (κ3) is 2.11. The van der Waals surface area contributed by atoms with Crippen molar-refractivity contribution in [3.8, 4) is 0 Å². The molecule has 102 valence electrons. The fourth-order valence-corrected chi connectivity index (χ4v) is 2.93. The lowest BCUT2D eigenvalue weighted by Crippen LogP contribution is -2.31. The number of para-hydroxylation sites is 1. The molecule has 0 radical (unpaired) electrons. The molecule has 1 atom stereocenters. The Kier molecular flexibility index (Phi) is 3.51. The zero-order valence-corrected chi connectivity index (χ0v) is 12.0. The van der Waals surface area contributed by atoms with Gasteiger partial charge in [-0.3, -0.25) is 0 Å². The van der Waals surface area contributed by atoms with Crippen molar-refractivity contribution in [1.82, 2.24) is 0 Å². The smallest absolute Gasteiger partial charge is 0.159 e.